The van der Waals surface area contributed by atoms with Gasteiger partial charge in [0.1, 0.15) is 11.6 Å². The molecule has 1 aromatic heterocycles. The molecule has 5 nitrogen and oxygen atoms in total. The Morgan fingerprint density at radius 2 is 2.07 bits per heavy atom. The highest BCUT2D eigenvalue weighted by Gasteiger charge is 2.23. The Hall–Kier alpha value is -1.36. The first-order valence-electron chi connectivity index (χ1n) is 4.39. The molecule has 1 heterocycles. The lowest BCUT2D eigenvalue weighted by Crippen LogP contribution is -2.44. The van der Waals surface area contributed by atoms with E-state index in [1.54, 1.807) is 6.20 Å². The number of aliphatic hydroxyl groups is 1. The van der Waals surface area contributed by atoms with E-state index in [1.807, 2.05) is 25.8 Å². The number of hydrogen-bond acceptors (Lipinski definition) is 5. The third kappa shape index (κ3) is 2.11. The molecule has 0 saturated carbocycles. The Balaban J connectivity index is 2.89. The third-order valence-corrected chi connectivity index (χ3v) is 2.30. The van der Waals surface area contributed by atoms with E-state index in [-0.39, 0.29) is 12.1 Å². The maximum atomic E-state index is 9.17. The zero-order chi connectivity index (χ0) is 10.8. The van der Waals surface area contributed by atoms with Crippen LogP contribution in [-0.4, -0.2) is 34.3 Å². The summed E-state index contributed by atoms with van der Waals surface area (Å²) in [5.41, 5.74) is 5.07. The van der Waals surface area contributed by atoms with Crippen LogP contribution in [0, 0.1) is 0 Å². The first-order chi connectivity index (χ1) is 6.47. The predicted molar refractivity (Wildman–Crippen MR) is 56.0 cm³/mol. The van der Waals surface area contributed by atoms with Gasteiger partial charge in [0.15, 0.2) is 0 Å². The zero-order valence-electron chi connectivity index (χ0n) is 8.73. The second-order valence-corrected chi connectivity index (χ2v) is 3.83. The van der Waals surface area contributed by atoms with Gasteiger partial charge in [-0.2, -0.15) is 0 Å². The molecule has 0 aliphatic heterocycles. The van der Waals surface area contributed by atoms with Crippen molar-refractivity contribution in [3.05, 3.63) is 12.4 Å². The van der Waals surface area contributed by atoms with Gasteiger partial charge in [0.2, 0.25) is 0 Å². The molecular formula is C9H16N4O. The van der Waals surface area contributed by atoms with Crippen LogP contribution in [0.25, 0.3) is 0 Å². The molecule has 0 radical (unpaired) electrons. The third-order valence-electron chi connectivity index (χ3n) is 2.30. The molecule has 0 atom stereocenters. The van der Waals surface area contributed by atoms with Crippen LogP contribution in [0.4, 0.5) is 11.6 Å². The minimum absolute atomic E-state index is 0.0511. The number of nitrogen functional groups attached to an aromatic ring is 1. The molecule has 0 bridgehead atoms. The zero-order valence-corrected chi connectivity index (χ0v) is 8.73. The predicted octanol–water partition coefficient (Wildman–Crippen LogP) is 0.266. The lowest BCUT2D eigenvalue weighted by Gasteiger charge is -2.34. The van der Waals surface area contributed by atoms with Gasteiger partial charge in [-0.25, -0.2) is 9.97 Å². The largest absolute Gasteiger partial charge is 0.394 e. The molecule has 1 rings (SSSR count). The number of anilines is 2. The van der Waals surface area contributed by atoms with Gasteiger partial charge < -0.3 is 15.7 Å². The van der Waals surface area contributed by atoms with Crippen molar-refractivity contribution < 1.29 is 5.11 Å². The second kappa shape index (κ2) is 3.79. The molecule has 78 valence electrons. The minimum Gasteiger partial charge on any atom is -0.394 e. The van der Waals surface area contributed by atoms with Crippen LogP contribution in [0.15, 0.2) is 12.4 Å². The fourth-order valence-electron chi connectivity index (χ4n) is 0.921. The van der Waals surface area contributed by atoms with Crippen LogP contribution >= 0.6 is 0 Å². The minimum atomic E-state index is -0.356. The van der Waals surface area contributed by atoms with Crippen molar-refractivity contribution in [3.63, 3.8) is 0 Å². The van der Waals surface area contributed by atoms with Crippen molar-refractivity contribution in [1.82, 2.24) is 9.97 Å². The Morgan fingerprint density at radius 3 is 2.50 bits per heavy atom. The molecule has 0 aliphatic rings. The van der Waals surface area contributed by atoms with E-state index in [9.17, 15) is 0 Å². The number of likely N-dealkylation sites (N-methyl/N-ethyl adjacent to an activating group) is 1. The van der Waals surface area contributed by atoms with Crippen LogP contribution in [0.3, 0.4) is 0 Å². The average molecular weight is 196 g/mol. The average Bonchev–Trinajstić information content (AvgIpc) is 2.18. The summed E-state index contributed by atoms with van der Waals surface area (Å²) in [6.45, 7) is 3.89. The van der Waals surface area contributed by atoms with Crippen molar-refractivity contribution in [3.8, 4) is 0 Å². The summed E-state index contributed by atoms with van der Waals surface area (Å²) in [5.74, 6) is 1.09. The summed E-state index contributed by atoms with van der Waals surface area (Å²) in [6.07, 6.45) is 3.09. The summed E-state index contributed by atoms with van der Waals surface area (Å²) < 4.78 is 0. The maximum absolute atomic E-state index is 9.17. The van der Waals surface area contributed by atoms with Crippen LogP contribution in [0.1, 0.15) is 13.8 Å². The molecule has 0 aliphatic carbocycles. The Kier molecular flexibility index (Phi) is 2.90. The van der Waals surface area contributed by atoms with E-state index in [2.05, 4.69) is 9.97 Å². The summed E-state index contributed by atoms with van der Waals surface area (Å²) in [4.78, 5) is 9.92. The maximum Gasteiger partial charge on any atom is 0.147 e. The van der Waals surface area contributed by atoms with Gasteiger partial charge in [-0.3, -0.25) is 0 Å². The fraction of sp³-hybridized carbons (Fsp3) is 0.556. The second-order valence-electron chi connectivity index (χ2n) is 3.83. The SMILES string of the molecule is CN(c1cnc(N)cn1)C(C)(C)CO. The van der Waals surface area contributed by atoms with Crippen LogP contribution < -0.4 is 10.6 Å². The van der Waals surface area contributed by atoms with E-state index in [0.717, 1.165) is 0 Å². The van der Waals surface area contributed by atoms with E-state index in [1.165, 1.54) is 6.20 Å². The first-order valence-corrected chi connectivity index (χ1v) is 4.39. The molecule has 5 heteroatoms. The van der Waals surface area contributed by atoms with E-state index in [0.29, 0.717) is 11.6 Å². The van der Waals surface area contributed by atoms with Crippen molar-refractivity contribution in [1.29, 1.82) is 0 Å². The van der Waals surface area contributed by atoms with E-state index < -0.39 is 0 Å². The molecule has 0 unspecified atom stereocenters. The summed E-state index contributed by atoms with van der Waals surface area (Å²) in [5, 5.41) is 9.17. The lowest BCUT2D eigenvalue weighted by molar-refractivity contribution is 0.215. The molecule has 0 fully saturated rings. The number of aromatic nitrogens is 2. The normalized spacial score (nSPS) is 11.4. The van der Waals surface area contributed by atoms with E-state index in [4.69, 9.17) is 10.8 Å². The monoisotopic (exact) mass is 196 g/mol. The number of rotatable bonds is 3. The van der Waals surface area contributed by atoms with Crippen molar-refractivity contribution in [2.24, 2.45) is 0 Å². The van der Waals surface area contributed by atoms with Gasteiger partial charge >= 0.3 is 0 Å². The Morgan fingerprint density at radius 1 is 1.43 bits per heavy atom. The van der Waals surface area contributed by atoms with Crippen LogP contribution in [0.2, 0.25) is 0 Å². The van der Waals surface area contributed by atoms with Crippen LogP contribution in [-0.2, 0) is 0 Å². The highest BCUT2D eigenvalue weighted by Crippen LogP contribution is 2.18. The van der Waals surface area contributed by atoms with E-state index >= 15 is 0 Å². The molecule has 0 saturated heterocycles. The highest BCUT2D eigenvalue weighted by molar-refractivity contribution is 5.41. The van der Waals surface area contributed by atoms with Gasteiger partial charge in [0.05, 0.1) is 24.5 Å². The standard InChI is InChI=1S/C9H16N4O/c1-9(2,6-14)13(3)8-5-11-7(10)4-12-8/h4-5,14H,6H2,1-3H3,(H2,10,11). The molecular weight excluding hydrogens is 180 g/mol. The number of hydrogen-bond donors (Lipinski definition) is 2. The van der Waals surface area contributed by atoms with Gasteiger partial charge in [0, 0.05) is 7.05 Å². The van der Waals surface area contributed by atoms with Gasteiger partial charge in [-0.05, 0) is 13.8 Å². The van der Waals surface area contributed by atoms with Crippen molar-refractivity contribution in [2.75, 3.05) is 24.3 Å². The molecule has 0 spiro atoms. The van der Waals surface area contributed by atoms with Crippen molar-refractivity contribution in [2.45, 2.75) is 19.4 Å². The van der Waals surface area contributed by atoms with Gasteiger partial charge in [0.25, 0.3) is 0 Å². The molecule has 1 aromatic rings. The molecule has 0 aromatic carbocycles. The van der Waals surface area contributed by atoms with Crippen molar-refractivity contribution >= 4 is 11.6 Å². The quantitative estimate of drug-likeness (QED) is 0.725. The highest BCUT2D eigenvalue weighted by atomic mass is 16.3. The molecule has 14 heavy (non-hydrogen) atoms. The topological polar surface area (TPSA) is 75.3 Å². The van der Waals surface area contributed by atoms with Gasteiger partial charge in [-0.1, -0.05) is 0 Å². The summed E-state index contributed by atoms with van der Waals surface area (Å²) >= 11 is 0. The first kappa shape index (κ1) is 10.7. The number of nitrogens with two attached hydrogens (primary N) is 1. The van der Waals surface area contributed by atoms with Gasteiger partial charge in [-0.15, -0.1) is 0 Å². The lowest BCUT2D eigenvalue weighted by atomic mass is 10.1. The summed E-state index contributed by atoms with van der Waals surface area (Å²) in [7, 11) is 1.86. The fourth-order valence-corrected chi connectivity index (χ4v) is 0.921. The Labute approximate surface area is 83.6 Å². The molecule has 3 N–H and O–H groups in total. The van der Waals surface area contributed by atoms with Crippen LogP contribution in [0.5, 0.6) is 0 Å². The molecule has 0 amide bonds. The summed E-state index contributed by atoms with van der Waals surface area (Å²) in [6, 6.07) is 0. The smallest absolute Gasteiger partial charge is 0.147 e. The number of aliphatic hydroxyl groups excluding tert-OH is 1. The Bertz CT molecular complexity index is 296. The number of nitrogens with zero attached hydrogens (tertiary/aromatic N) is 3.